The summed E-state index contributed by atoms with van der Waals surface area (Å²) < 4.78 is 10.6. The lowest BCUT2D eigenvalue weighted by Gasteiger charge is -2.35. The van der Waals surface area contributed by atoms with Crippen LogP contribution in [0.5, 0.6) is 5.88 Å². The van der Waals surface area contributed by atoms with Gasteiger partial charge in [-0.15, -0.1) is 0 Å². The molecule has 0 bridgehead atoms. The van der Waals surface area contributed by atoms with Gasteiger partial charge in [0.15, 0.2) is 0 Å². The molecule has 0 amide bonds. The second-order valence-corrected chi connectivity index (χ2v) is 7.30. The van der Waals surface area contributed by atoms with E-state index >= 15 is 0 Å². The van der Waals surface area contributed by atoms with Gasteiger partial charge < -0.3 is 9.64 Å². The molecule has 140 valence electrons. The van der Waals surface area contributed by atoms with Gasteiger partial charge in [-0.2, -0.15) is 0 Å². The summed E-state index contributed by atoms with van der Waals surface area (Å²) in [6, 6.07) is 6.36. The SMILES string of the molecule is c1nc(OCC2CC2)c2cc(N3CCN(Cc4cnon4)CC3)ccc2n1. The van der Waals surface area contributed by atoms with E-state index in [1.165, 1.54) is 18.5 Å². The van der Waals surface area contributed by atoms with E-state index in [4.69, 9.17) is 4.74 Å². The highest BCUT2D eigenvalue weighted by Gasteiger charge is 2.23. The van der Waals surface area contributed by atoms with E-state index in [0.717, 1.165) is 55.9 Å². The Kier molecular flexibility index (Phi) is 4.33. The molecular formula is C19H22N6O2. The quantitative estimate of drug-likeness (QED) is 0.656. The van der Waals surface area contributed by atoms with Crippen molar-refractivity contribution in [2.75, 3.05) is 37.7 Å². The normalized spacial score (nSPS) is 18.1. The smallest absolute Gasteiger partial charge is 0.224 e. The lowest BCUT2D eigenvalue weighted by atomic mass is 10.2. The van der Waals surface area contributed by atoms with Gasteiger partial charge in [-0.3, -0.25) is 4.90 Å². The van der Waals surface area contributed by atoms with Gasteiger partial charge in [-0.1, -0.05) is 10.3 Å². The Morgan fingerprint density at radius 2 is 2.00 bits per heavy atom. The van der Waals surface area contributed by atoms with E-state index in [1.807, 2.05) is 0 Å². The Morgan fingerprint density at radius 3 is 2.78 bits per heavy atom. The molecule has 1 aliphatic heterocycles. The number of nitrogens with zero attached hydrogens (tertiary/aromatic N) is 6. The third kappa shape index (κ3) is 3.71. The molecule has 0 spiro atoms. The highest BCUT2D eigenvalue weighted by atomic mass is 16.6. The maximum atomic E-state index is 5.96. The van der Waals surface area contributed by atoms with Crippen LogP contribution in [0.1, 0.15) is 18.5 Å². The second-order valence-electron chi connectivity index (χ2n) is 7.30. The number of ether oxygens (including phenoxy) is 1. The summed E-state index contributed by atoms with van der Waals surface area (Å²) in [6.07, 6.45) is 5.80. The molecule has 2 aliphatic rings. The first-order chi connectivity index (χ1) is 13.3. The maximum absolute atomic E-state index is 5.96. The Bertz CT molecular complexity index is 904. The monoisotopic (exact) mass is 366 g/mol. The number of hydrogen-bond donors (Lipinski definition) is 0. The molecule has 1 saturated heterocycles. The Labute approximate surface area is 157 Å². The number of fused-ring (bicyclic) bond motifs is 1. The number of anilines is 1. The van der Waals surface area contributed by atoms with Crippen molar-refractivity contribution < 1.29 is 9.37 Å². The molecule has 8 heteroatoms. The van der Waals surface area contributed by atoms with Gasteiger partial charge in [-0.05, 0) is 37.0 Å². The summed E-state index contributed by atoms with van der Waals surface area (Å²) in [6.45, 7) is 5.40. The highest BCUT2D eigenvalue weighted by molar-refractivity contribution is 5.86. The van der Waals surface area contributed by atoms with Crippen molar-refractivity contribution in [2.45, 2.75) is 19.4 Å². The van der Waals surface area contributed by atoms with Crippen LogP contribution in [0.4, 0.5) is 5.69 Å². The fourth-order valence-corrected chi connectivity index (χ4v) is 3.46. The van der Waals surface area contributed by atoms with E-state index in [2.05, 4.69) is 52.9 Å². The molecule has 0 unspecified atom stereocenters. The van der Waals surface area contributed by atoms with Crippen molar-refractivity contribution in [1.29, 1.82) is 0 Å². The standard InChI is InChI=1S/C19H22N6O2/c1-2-14(1)12-26-19-17-9-16(3-4-18(17)20-13-21-19)25-7-5-24(6-8-25)11-15-10-22-27-23-15/h3-4,9-10,13-14H,1-2,5-8,11-12H2. The zero-order chi connectivity index (χ0) is 18.1. The first-order valence-electron chi connectivity index (χ1n) is 9.46. The topological polar surface area (TPSA) is 80.4 Å². The summed E-state index contributed by atoms with van der Waals surface area (Å²) in [5.74, 6) is 1.40. The number of benzene rings is 1. The van der Waals surface area contributed by atoms with Crippen LogP contribution in [0, 0.1) is 5.92 Å². The molecule has 3 aromatic rings. The van der Waals surface area contributed by atoms with E-state index in [1.54, 1.807) is 12.5 Å². The summed E-state index contributed by atoms with van der Waals surface area (Å²) >= 11 is 0. The minimum atomic E-state index is 0.700. The van der Waals surface area contributed by atoms with Crippen LogP contribution in [0.2, 0.25) is 0 Å². The first kappa shape index (κ1) is 16.4. The summed E-state index contributed by atoms with van der Waals surface area (Å²) in [5.41, 5.74) is 3.00. The van der Waals surface area contributed by atoms with Crippen LogP contribution >= 0.6 is 0 Å². The van der Waals surface area contributed by atoms with Crippen molar-refractivity contribution >= 4 is 16.6 Å². The predicted octanol–water partition coefficient (Wildman–Crippen LogP) is 2.12. The number of piperazine rings is 1. The number of hydrogen-bond acceptors (Lipinski definition) is 8. The van der Waals surface area contributed by atoms with Crippen LogP contribution < -0.4 is 9.64 Å². The summed E-state index contributed by atoms with van der Waals surface area (Å²) in [7, 11) is 0. The lowest BCUT2D eigenvalue weighted by Crippen LogP contribution is -2.46. The van der Waals surface area contributed by atoms with Crippen molar-refractivity contribution in [3.8, 4) is 5.88 Å². The Balaban J connectivity index is 1.29. The molecule has 3 heterocycles. The van der Waals surface area contributed by atoms with Crippen LogP contribution in [-0.2, 0) is 6.54 Å². The van der Waals surface area contributed by atoms with Crippen molar-refractivity contribution in [2.24, 2.45) is 5.92 Å². The molecule has 0 atom stereocenters. The molecule has 1 saturated carbocycles. The van der Waals surface area contributed by atoms with Crippen LogP contribution in [0.3, 0.4) is 0 Å². The second kappa shape index (κ2) is 7.11. The molecular weight excluding hydrogens is 344 g/mol. The van der Waals surface area contributed by atoms with Crippen LogP contribution in [0.15, 0.2) is 35.4 Å². The third-order valence-corrected chi connectivity index (χ3v) is 5.27. The highest BCUT2D eigenvalue weighted by Crippen LogP contribution is 2.32. The minimum absolute atomic E-state index is 0.700. The molecule has 0 N–H and O–H groups in total. The van der Waals surface area contributed by atoms with Crippen LogP contribution in [-0.4, -0.2) is 58.0 Å². The van der Waals surface area contributed by atoms with E-state index in [0.29, 0.717) is 11.8 Å². The Hall–Kier alpha value is -2.74. The van der Waals surface area contributed by atoms with E-state index < -0.39 is 0 Å². The summed E-state index contributed by atoms with van der Waals surface area (Å²) in [5, 5.41) is 8.56. The third-order valence-electron chi connectivity index (χ3n) is 5.27. The Morgan fingerprint density at radius 1 is 1.11 bits per heavy atom. The molecule has 1 aliphatic carbocycles. The van der Waals surface area contributed by atoms with Gasteiger partial charge in [-0.25, -0.2) is 14.6 Å². The number of aromatic nitrogens is 4. The first-order valence-corrected chi connectivity index (χ1v) is 9.46. The maximum Gasteiger partial charge on any atom is 0.224 e. The van der Waals surface area contributed by atoms with Gasteiger partial charge in [0.1, 0.15) is 12.0 Å². The largest absolute Gasteiger partial charge is 0.477 e. The van der Waals surface area contributed by atoms with Gasteiger partial charge >= 0.3 is 0 Å². The zero-order valence-corrected chi connectivity index (χ0v) is 15.1. The molecule has 5 rings (SSSR count). The fraction of sp³-hybridized carbons (Fsp3) is 0.474. The predicted molar refractivity (Wildman–Crippen MR) is 99.5 cm³/mol. The molecule has 2 aromatic heterocycles. The molecule has 1 aromatic carbocycles. The van der Waals surface area contributed by atoms with Crippen LogP contribution in [0.25, 0.3) is 10.9 Å². The van der Waals surface area contributed by atoms with Crippen molar-refractivity contribution in [1.82, 2.24) is 25.2 Å². The number of rotatable bonds is 6. The molecule has 8 nitrogen and oxygen atoms in total. The van der Waals surface area contributed by atoms with Crippen molar-refractivity contribution in [3.63, 3.8) is 0 Å². The average molecular weight is 366 g/mol. The van der Waals surface area contributed by atoms with Gasteiger partial charge in [0, 0.05) is 38.4 Å². The van der Waals surface area contributed by atoms with Gasteiger partial charge in [0.25, 0.3) is 0 Å². The average Bonchev–Trinajstić information content (AvgIpc) is 3.41. The fourth-order valence-electron chi connectivity index (χ4n) is 3.46. The molecule has 2 fully saturated rings. The summed E-state index contributed by atoms with van der Waals surface area (Å²) in [4.78, 5) is 13.5. The van der Waals surface area contributed by atoms with Gasteiger partial charge in [0.2, 0.25) is 5.88 Å². The van der Waals surface area contributed by atoms with Crippen molar-refractivity contribution in [3.05, 3.63) is 36.4 Å². The van der Waals surface area contributed by atoms with Gasteiger partial charge in [0.05, 0.1) is 23.7 Å². The molecule has 0 radical (unpaired) electrons. The zero-order valence-electron chi connectivity index (χ0n) is 15.1. The molecule has 27 heavy (non-hydrogen) atoms. The lowest BCUT2D eigenvalue weighted by molar-refractivity contribution is 0.237. The van der Waals surface area contributed by atoms with E-state index in [9.17, 15) is 0 Å². The minimum Gasteiger partial charge on any atom is -0.477 e. The van der Waals surface area contributed by atoms with E-state index in [-0.39, 0.29) is 0 Å².